The highest BCUT2D eigenvalue weighted by Gasteiger charge is 2.30. The number of benzene rings is 2. The van der Waals surface area contributed by atoms with Crippen molar-refractivity contribution in [3.8, 4) is 5.75 Å². The van der Waals surface area contributed by atoms with Gasteiger partial charge in [-0.1, -0.05) is 18.2 Å². The molecular formula is C22H24F3N3OS. The first-order chi connectivity index (χ1) is 14.5. The molecular weight excluding hydrogens is 411 g/mol. The van der Waals surface area contributed by atoms with E-state index in [1.807, 2.05) is 5.51 Å². The van der Waals surface area contributed by atoms with Crippen LogP contribution in [0.1, 0.15) is 18.4 Å². The zero-order valence-corrected chi connectivity index (χ0v) is 17.4. The molecule has 1 saturated heterocycles. The van der Waals surface area contributed by atoms with E-state index < -0.39 is 6.36 Å². The molecule has 0 spiro atoms. The number of hydrogen-bond acceptors (Lipinski definition) is 5. The Hall–Kier alpha value is -2.32. The van der Waals surface area contributed by atoms with Crippen LogP contribution in [0.2, 0.25) is 0 Å². The molecule has 2 aromatic carbocycles. The molecule has 0 N–H and O–H groups in total. The highest BCUT2D eigenvalue weighted by molar-refractivity contribution is 7.16. The minimum atomic E-state index is -4.64. The minimum Gasteiger partial charge on any atom is -0.406 e. The van der Waals surface area contributed by atoms with Gasteiger partial charge in [0.15, 0.2) is 0 Å². The smallest absolute Gasteiger partial charge is 0.406 e. The number of anilines is 1. The fraction of sp³-hybridized carbons (Fsp3) is 0.409. The summed E-state index contributed by atoms with van der Waals surface area (Å²) >= 11 is 1.68. The van der Waals surface area contributed by atoms with Crippen LogP contribution in [0.3, 0.4) is 0 Å². The van der Waals surface area contributed by atoms with Crippen molar-refractivity contribution in [3.63, 3.8) is 0 Å². The van der Waals surface area contributed by atoms with Crippen LogP contribution in [0.15, 0.2) is 48.0 Å². The molecule has 0 radical (unpaired) electrons. The van der Waals surface area contributed by atoms with E-state index in [0.29, 0.717) is 0 Å². The Morgan fingerprint density at radius 1 is 0.967 bits per heavy atom. The second-order valence-electron chi connectivity index (χ2n) is 7.45. The first kappa shape index (κ1) is 20.9. The predicted octanol–water partition coefficient (Wildman–Crippen LogP) is 5.34. The molecule has 4 rings (SSSR count). The summed E-state index contributed by atoms with van der Waals surface area (Å²) in [6.45, 7) is 5.10. The Labute approximate surface area is 177 Å². The highest BCUT2D eigenvalue weighted by atomic mass is 32.1. The monoisotopic (exact) mass is 435 g/mol. The zero-order valence-electron chi connectivity index (χ0n) is 16.6. The standard InChI is InChI=1S/C22H24F3N3OS/c23-22(24,25)29-18-9-7-17(8-10-18)4-1-2-11-27-12-14-28(15-13-27)19-5-3-6-20-21(19)26-16-30-20/h3,5-10,16H,1-2,4,11-15H2. The molecule has 0 saturated carbocycles. The third-order valence-corrected chi connectivity index (χ3v) is 6.19. The Balaban J connectivity index is 1.18. The fourth-order valence-corrected chi connectivity index (χ4v) is 4.56. The van der Waals surface area contributed by atoms with E-state index >= 15 is 0 Å². The molecule has 1 aliphatic rings. The van der Waals surface area contributed by atoms with E-state index in [-0.39, 0.29) is 5.75 Å². The molecule has 160 valence electrons. The topological polar surface area (TPSA) is 28.6 Å². The van der Waals surface area contributed by atoms with Crippen LogP contribution in [-0.4, -0.2) is 49.0 Å². The lowest BCUT2D eigenvalue weighted by atomic mass is 10.1. The van der Waals surface area contributed by atoms with Crippen molar-refractivity contribution in [1.82, 2.24) is 9.88 Å². The van der Waals surface area contributed by atoms with E-state index in [4.69, 9.17) is 0 Å². The summed E-state index contributed by atoms with van der Waals surface area (Å²) in [5.74, 6) is -0.169. The largest absolute Gasteiger partial charge is 0.573 e. The van der Waals surface area contributed by atoms with Crippen molar-refractivity contribution >= 4 is 27.2 Å². The van der Waals surface area contributed by atoms with E-state index in [1.54, 1.807) is 23.5 Å². The van der Waals surface area contributed by atoms with Gasteiger partial charge in [0.25, 0.3) is 0 Å². The van der Waals surface area contributed by atoms with Crippen LogP contribution in [0, 0.1) is 0 Å². The lowest BCUT2D eigenvalue weighted by molar-refractivity contribution is -0.274. The fourth-order valence-electron chi connectivity index (χ4n) is 3.86. The molecule has 1 fully saturated rings. The van der Waals surface area contributed by atoms with Crippen molar-refractivity contribution in [2.45, 2.75) is 25.6 Å². The number of piperazine rings is 1. The number of unbranched alkanes of at least 4 members (excludes halogenated alkanes) is 1. The number of hydrogen-bond donors (Lipinski definition) is 0. The minimum absolute atomic E-state index is 0.169. The number of alkyl halides is 3. The number of halogens is 3. The summed E-state index contributed by atoms with van der Waals surface area (Å²) in [5, 5.41) is 0. The van der Waals surface area contributed by atoms with Gasteiger partial charge in [0.2, 0.25) is 0 Å². The molecule has 0 aliphatic carbocycles. The SMILES string of the molecule is FC(F)(F)Oc1ccc(CCCCN2CCN(c3cccc4scnc34)CC2)cc1. The van der Waals surface area contributed by atoms with Gasteiger partial charge in [-0.15, -0.1) is 24.5 Å². The number of aromatic nitrogens is 1. The molecule has 30 heavy (non-hydrogen) atoms. The Kier molecular flexibility index (Phi) is 6.43. The van der Waals surface area contributed by atoms with E-state index in [9.17, 15) is 13.2 Å². The zero-order chi connectivity index (χ0) is 21.0. The third-order valence-electron chi connectivity index (χ3n) is 5.40. The molecule has 4 nitrogen and oxygen atoms in total. The van der Waals surface area contributed by atoms with Crippen molar-refractivity contribution in [2.75, 3.05) is 37.6 Å². The number of para-hydroxylation sites is 1. The van der Waals surface area contributed by atoms with Crippen LogP contribution in [0.25, 0.3) is 10.2 Å². The first-order valence-electron chi connectivity index (χ1n) is 10.1. The van der Waals surface area contributed by atoms with Crippen LogP contribution < -0.4 is 9.64 Å². The summed E-state index contributed by atoms with van der Waals surface area (Å²) in [4.78, 5) is 9.43. The average Bonchev–Trinajstić information content (AvgIpc) is 3.21. The van der Waals surface area contributed by atoms with E-state index in [2.05, 4.69) is 37.7 Å². The third kappa shape index (κ3) is 5.43. The molecule has 8 heteroatoms. The summed E-state index contributed by atoms with van der Waals surface area (Å²) < 4.78 is 41.8. The summed E-state index contributed by atoms with van der Waals surface area (Å²) in [6.07, 6.45) is -1.70. The highest BCUT2D eigenvalue weighted by Crippen LogP contribution is 2.29. The van der Waals surface area contributed by atoms with Crippen molar-refractivity contribution in [1.29, 1.82) is 0 Å². The molecule has 0 atom stereocenters. The van der Waals surface area contributed by atoms with Gasteiger partial charge in [0.05, 0.1) is 15.9 Å². The maximum absolute atomic E-state index is 12.2. The predicted molar refractivity (Wildman–Crippen MR) is 114 cm³/mol. The molecule has 2 heterocycles. The molecule has 3 aromatic rings. The lowest BCUT2D eigenvalue weighted by Gasteiger charge is -2.36. The number of aryl methyl sites for hydroxylation is 1. The summed E-state index contributed by atoms with van der Waals surface area (Å²) in [5.41, 5.74) is 5.26. The average molecular weight is 436 g/mol. The number of fused-ring (bicyclic) bond motifs is 1. The number of nitrogens with zero attached hydrogens (tertiary/aromatic N) is 3. The van der Waals surface area contributed by atoms with Crippen molar-refractivity contribution in [2.24, 2.45) is 0 Å². The second kappa shape index (κ2) is 9.22. The van der Waals surface area contributed by atoms with Gasteiger partial charge in [0.1, 0.15) is 11.3 Å². The van der Waals surface area contributed by atoms with Crippen LogP contribution in [-0.2, 0) is 6.42 Å². The maximum atomic E-state index is 12.2. The Morgan fingerprint density at radius 2 is 1.73 bits per heavy atom. The van der Waals surface area contributed by atoms with Gasteiger partial charge in [0, 0.05) is 26.2 Å². The van der Waals surface area contributed by atoms with Crippen LogP contribution >= 0.6 is 11.3 Å². The second-order valence-corrected chi connectivity index (χ2v) is 8.34. The Morgan fingerprint density at radius 3 is 2.47 bits per heavy atom. The van der Waals surface area contributed by atoms with Gasteiger partial charge >= 0.3 is 6.36 Å². The number of ether oxygens (including phenoxy) is 1. The number of rotatable bonds is 7. The number of thiazole rings is 1. The van der Waals surface area contributed by atoms with Crippen LogP contribution in [0.4, 0.5) is 18.9 Å². The summed E-state index contributed by atoms with van der Waals surface area (Å²) in [7, 11) is 0. The van der Waals surface area contributed by atoms with Crippen molar-refractivity contribution < 1.29 is 17.9 Å². The molecule has 1 aromatic heterocycles. The maximum Gasteiger partial charge on any atom is 0.573 e. The normalized spacial score (nSPS) is 15.6. The molecule has 0 unspecified atom stereocenters. The first-order valence-corrected chi connectivity index (χ1v) is 11.0. The quantitative estimate of drug-likeness (QED) is 0.469. The van der Waals surface area contributed by atoms with Gasteiger partial charge in [-0.3, -0.25) is 4.90 Å². The molecule has 0 bridgehead atoms. The molecule has 1 aliphatic heterocycles. The van der Waals surface area contributed by atoms with Gasteiger partial charge < -0.3 is 9.64 Å². The van der Waals surface area contributed by atoms with Gasteiger partial charge in [-0.05, 0) is 55.6 Å². The lowest BCUT2D eigenvalue weighted by Crippen LogP contribution is -2.46. The Bertz CT molecular complexity index is 950. The van der Waals surface area contributed by atoms with Crippen LogP contribution in [0.5, 0.6) is 5.75 Å². The van der Waals surface area contributed by atoms with E-state index in [0.717, 1.165) is 63.1 Å². The van der Waals surface area contributed by atoms with Gasteiger partial charge in [-0.2, -0.15) is 0 Å². The summed E-state index contributed by atoms with van der Waals surface area (Å²) in [6, 6.07) is 12.5. The van der Waals surface area contributed by atoms with Gasteiger partial charge in [-0.25, -0.2) is 4.98 Å². The molecule has 0 amide bonds. The van der Waals surface area contributed by atoms with E-state index in [1.165, 1.54) is 22.5 Å². The van der Waals surface area contributed by atoms with Crippen molar-refractivity contribution in [3.05, 3.63) is 53.5 Å².